The van der Waals surface area contributed by atoms with Gasteiger partial charge in [0.2, 0.25) is 0 Å². The van der Waals surface area contributed by atoms with Crippen LogP contribution in [0.15, 0.2) is 42.5 Å². The molecular weight excluding hydrogens is 409 g/mol. The minimum Gasteiger partial charge on any atom is -0.490 e. The van der Waals surface area contributed by atoms with Gasteiger partial charge in [-0.2, -0.15) is 13.2 Å². The van der Waals surface area contributed by atoms with Gasteiger partial charge in [0.1, 0.15) is 0 Å². The van der Waals surface area contributed by atoms with Gasteiger partial charge < -0.3 is 19.7 Å². The van der Waals surface area contributed by atoms with Crippen molar-refractivity contribution in [3.8, 4) is 11.5 Å². The van der Waals surface area contributed by atoms with Crippen molar-refractivity contribution in [2.24, 2.45) is 5.92 Å². The molecule has 1 aliphatic heterocycles. The van der Waals surface area contributed by atoms with Crippen LogP contribution in [0.2, 0.25) is 0 Å². The minimum absolute atomic E-state index is 0.105. The van der Waals surface area contributed by atoms with E-state index in [0.29, 0.717) is 30.3 Å². The number of urea groups is 1. The highest BCUT2D eigenvalue weighted by molar-refractivity contribution is 5.74. The number of amides is 2. The molecule has 2 aromatic rings. The lowest BCUT2D eigenvalue weighted by Crippen LogP contribution is -2.40. The maximum atomic E-state index is 12.8. The highest BCUT2D eigenvalue weighted by Crippen LogP contribution is 2.34. The molecule has 2 amide bonds. The van der Waals surface area contributed by atoms with Crippen LogP contribution in [0, 0.1) is 5.92 Å². The van der Waals surface area contributed by atoms with Crippen LogP contribution in [-0.4, -0.2) is 31.2 Å². The molecule has 31 heavy (non-hydrogen) atoms. The number of nitrogens with zero attached hydrogens (tertiary/aromatic N) is 1. The average Bonchev–Trinajstić information content (AvgIpc) is 2.96. The Bertz CT molecular complexity index is 898. The molecule has 0 aromatic heterocycles. The number of hydrogen-bond donors (Lipinski definition) is 1. The van der Waals surface area contributed by atoms with Gasteiger partial charge in [0, 0.05) is 20.0 Å². The summed E-state index contributed by atoms with van der Waals surface area (Å²) in [5.74, 6) is 1.45. The highest BCUT2D eigenvalue weighted by atomic mass is 19.4. The zero-order valence-corrected chi connectivity index (χ0v) is 17.8. The molecule has 0 bridgehead atoms. The van der Waals surface area contributed by atoms with Gasteiger partial charge >= 0.3 is 12.2 Å². The largest absolute Gasteiger partial charge is 0.490 e. The third kappa shape index (κ3) is 5.83. The molecule has 0 saturated heterocycles. The lowest BCUT2D eigenvalue weighted by Gasteiger charge is -2.27. The van der Waals surface area contributed by atoms with Gasteiger partial charge in [0.25, 0.3) is 0 Å². The Morgan fingerprint density at radius 3 is 2.32 bits per heavy atom. The SMILES string of the molecule is CC(C)[C@@H](NC(=O)N(C)Cc1ccc(C(F)(F)F)cc1)c1ccc2c(c1)OCCCO2. The number of hydrogen-bond acceptors (Lipinski definition) is 3. The summed E-state index contributed by atoms with van der Waals surface area (Å²) >= 11 is 0. The molecule has 0 unspecified atom stereocenters. The van der Waals surface area contributed by atoms with Crippen molar-refractivity contribution in [1.82, 2.24) is 10.2 Å². The van der Waals surface area contributed by atoms with Crippen LogP contribution in [0.3, 0.4) is 0 Å². The van der Waals surface area contributed by atoms with E-state index in [4.69, 9.17) is 9.47 Å². The Labute approximate surface area is 180 Å². The molecule has 1 heterocycles. The van der Waals surface area contributed by atoms with E-state index < -0.39 is 11.7 Å². The van der Waals surface area contributed by atoms with Crippen LogP contribution in [0.25, 0.3) is 0 Å². The number of rotatable bonds is 5. The fourth-order valence-electron chi connectivity index (χ4n) is 3.40. The van der Waals surface area contributed by atoms with Crippen molar-refractivity contribution < 1.29 is 27.4 Å². The normalized spacial score (nSPS) is 14.7. The number of nitrogens with one attached hydrogen (secondary N) is 1. The smallest absolute Gasteiger partial charge is 0.416 e. The van der Waals surface area contributed by atoms with Crippen molar-refractivity contribution >= 4 is 6.03 Å². The standard InChI is InChI=1S/C23H27F3N2O3/c1-15(2)21(17-7-10-19-20(13-17)31-12-4-11-30-19)27-22(29)28(3)14-16-5-8-18(9-6-16)23(24,25)26/h5-10,13,15,21H,4,11-12,14H2,1-3H3,(H,27,29)/t21-/m1/s1. The maximum Gasteiger partial charge on any atom is 0.416 e. The Balaban J connectivity index is 1.68. The number of fused-ring (bicyclic) bond motifs is 1. The predicted molar refractivity (Wildman–Crippen MR) is 111 cm³/mol. The van der Waals surface area contributed by atoms with Gasteiger partial charge in [-0.25, -0.2) is 4.79 Å². The molecule has 0 radical (unpaired) electrons. The molecule has 168 valence electrons. The van der Waals surface area contributed by atoms with Gasteiger partial charge in [-0.3, -0.25) is 0 Å². The number of ether oxygens (including phenoxy) is 2. The van der Waals surface area contributed by atoms with Gasteiger partial charge in [0.15, 0.2) is 11.5 Å². The minimum atomic E-state index is -4.38. The number of carbonyl (C=O) groups excluding carboxylic acids is 1. The highest BCUT2D eigenvalue weighted by Gasteiger charge is 2.30. The first-order chi connectivity index (χ1) is 14.6. The van der Waals surface area contributed by atoms with E-state index >= 15 is 0 Å². The lowest BCUT2D eigenvalue weighted by atomic mass is 9.95. The van der Waals surface area contributed by atoms with E-state index in [1.165, 1.54) is 17.0 Å². The summed E-state index contributed by atoms with van der Waals surface area (Å²) in [5.41, 5.74) is 0.801. The fourth-order valence-corrected chi connectivity index (χ4v) is 3.40. The van der Waals surface area contributed by atoms with Crippen LogP contribution in [0.1, 0.15) is 43.0 Å². The zero-order valence-electron chi connectivity index (χ0n) is 17.8. The number of benzene rings is 2. The quantitative estimate of drug-likeness (QED) is 0.682. The molecule has 3 rings (SSSR count). The number of halogens is 3. The van der Waals surface area contributed by atoms with E-state index in [0.717, 1.165) is 24.1 Å². The van der Waals surface area contributed by atoms with E-state index in [1.807, 2.05) is 32.0 Å². The van der Waals surface area contributed by atoms with Crippen molar-refractivity contribution in [2.75, 3.05) is 20.3 Å². The van der Waals surface area contributed by atoms with Crippen LogP contribution in [0.5, 0.6) is 11.5 Å². The van der Waals surface area contributed by atoms with E-state index in [1.54, 1.807) is 7.05 Å². The zero-order chi connectivity index (χ0) is 22.6. The topological polar surface area (TPSA) is 50.8 Å². The van der Waals surface area contributed by atoms with Crippen LogP contribution >= 0.6 is 0 Å². The van der Waals surface area contributed by atoms with Gasteiger partial charge in [-0.05, 0) is 41.3 Å². The number of alkyl halides is 3. The molecule has 1 N–H and O–H groups in total. The lowest BCUT2D eigenvalue weighted by molar-refractivity contribution is -0.137. The van der Waals surface area contributed by atoms with Crippen LogP contribution in [-0.2, 0) is 12.7 Å². The summed E-state index contributed by atoms with van der Waals surface area (Å²) in [6.45, 7) is 5.38. The van der Waals surface area contributed by atoms with Gasteiger partial charge in [-0.15, -0.1) is 0 Å². The molecule has 0 aliphatic carbocycles. The summed E-state index contributed by atoms with van der Waals surface area (Å²) in [4.78, 5) is 14.2. The van der Waals surface area contributed by atoms with Gasteiger partial charge in [0.05, 0.1) is 24.8 Å². The van der Waals surface area contributed by atoms with Crippen molar-refractivity contribution in [3.05, 3.63) is 59.2 Å². The third-order valence-corrected chi connectivity index (χ3v) is 5.12. The first-order valence-electron chi connectivity index (χ1n) is 10.2. The molecule has 0 fully saturated rings. The molecule has 1 atom stereocenters. The monoisotopic (exact) mass is 436 g/mol. The predicted octanol–water partition coefficient (Wildman–Crippen LogP) is 5.41. The average molecular weight is 436 g/mol. The summed E-state index contributed by atoms with van der Waals surface area (Å²) in [6.07, 6.45) is -3.57. The second-order valence-electron chi connectivity index (χ2n) is 7.98. The van der Waals surface area contributed by atoms with Gasteiger partial charge in [-0.1, -0.05) is 32.0 Å². The molecule has 0 spiro atoms. The van der Waals surface area contributed by atoms with Crippen LogP contribution in [0.4, 0.5) is 18.0 Å². The molecule has 1 aliphatic rings. The fraction of sp³-hybridized carbons (Fsp3) is 0.435. The maximum absolute atomic E-state index is 12.8. The summed E-state index contributed by atoms with van der Waals surface area (Å²) in [5, 5.41) is 3.02. The second kappa shape index (κ2) is 9.49. The van der Waals surface area contributed by atoms with Crippen molar-refractivity contribution in [2.45, 2.75) is 39.0 Å². The molecule has 0 saturated carbocycles. The second-order valence-corrected chi connectivity index (χ2v) is 7.98. The van der Waals surface area contributed by atoms with Crippen molar-refractivity contribution in [3.63, 3.8) is 0 Å². The van der Waals surface area contributed by atoms with Crippen molar-refractivity contribution in [1.29, 1.82) is 0 Å². The third-order valence-electron chi connectivity index (χ3n) is 5.12. The van der Waals surface area contributed by atoms with E-state index in [2.05, 4.69) is 5.32 Å². The summed E-state index contributed by atoms with van der Waals surface area (Å²) in [7, 11) is 1.61. The number of carbonyl (C=O) groups is 1. The molecule has 2 aromatic carbocycles. The van der Waals surface area contributed by atoms with Crippen LogP contribution < -0.4 is 14.8 Å². The Hall–Kier alpha value is -2.90. The molecular formula is C23H27F3N2O3. The van der Waals surface area contributed by atoms with E-state index in [-0.39, 0.29) is 24.5 Å². The Morgan fingerprint density at radius 2 is 1.71 bits per heavy atom. The molecule has 5 nitrogen and oxygen atoms in total. The van der Waals surface area contributed by atoms with E-state index in [9.17, 15) is 18.0 Å². The first kappa shape index (κ1) is 22.8. The first-order valence-corrected chi connectivity index (χ1v) is 10.2. The summed E-state index contributed by atoms with van der Waals surface area (Å²) in [6, 6.07) is 9.89. The Morgan fingerprint density at radius 1 is 1.06 bits per heavy atom. The molecule has 8 heteroatoms. The Kier molecular flexibility index (Phi) is 6.97. The summed E-state index contributed by atoms with van der Waals surface area (Å²) < 4.78 is 49.6.